The van der Waals surface area contributed by atoms with Gasteiger partial charge in [-0.2, -0.15) is 4.68 Å². The molecule has 1 aromatic heterocycles. The maximum Gasteiger partial charge on any atom is 0.234 e. The zero-order chi connectivity index (χ0) is 19.6. The van der Waals surface area contributed by atoms with Crippen LogP contribution in [0, 0.1) is 13.8 Å². The number of benzene rings is 2. The molecule has 6 nitrogen and oxygen atoms in total. The number of thioether (sulfide) groups is 1. The third-order valence-corrected chi connectivity index (χ3v) is 5.82. The molecule has 0 atom stereocenters. The van der Waals surface area contributed by atoms with Crippen molar-refractivity contribution in [2.24, 2.45) is 0 Å². The number of halogens is 3. The predicted octanol–water partition coefficient (Wildman–Crippen LogP) is 4.97. The van der Waals surface area contributed by atoms with E-state index < -0.39 is 0 Å². The molecule has 27 heavy (non-hydrogen) atoms. The number of nitrogens with zero attached hydrogens (tertiary/aromatic N) is 4. The molecule has 0 bridgehead atoms. The van der Waals surface area contributed by atoms with E-state index in [0.29, 0.717) is 25.9 Å². The number of rotatable bonds is 5. The van der Waals surface area contributed by atoms with Crippen molar-refractivity contribution in [3.63, 3.8) is 0 Å². The van der Waals surface area contributed by atoms with Gasteiger partial charge in [0.1, 0.15) is 0 Å². The van der Waals surface area contributed by atoms with Gasteiger partial charge >= 0.3 is 0 Å². The molecule has 1 heterocycles. The van der Waals surface area contributed by atoms with Crippen molar-refractivity contribution in [3.05, 3.63) is 56.5 Å². The second kappa shape index (κ2) is 8.48. The minimum atomic E-state index is -0.268. The SMILES string of the molecule is Cc1cccc(-n2nnnc2SCC(=O)Nc2cc(Cl)c(Cl)cc2Cl)c1C. The summed E-state index contributed by atoms with van der Waals surface area (Å²) in [5.74, 6) is -0.169. The van der Waals surface area contributed by atoms with E-state index in [9.17, 15) is 4.79 Å². The summed E-state index contributed by atoms with van der Waals surface area (Å²) < 4.78 is 1.62. The van der Waals surface area contributed by atoms with Gasteiger partial charge in [0.15, 0.2) is 0 Å². The van der Waals surface area contributed by atoms with E-state index in [1.807, 2.05) is 32.0 Å². The van der Waals surface area contributed by atoms with Crippen LogP contribution < -0.4 is 5.32 Å². The van der Waals surface area contributed by atoms with Gasteiger partial charge in [-0.3, -0.25) is 4.79 Å². The molecule has 0 radical (unpaired) electrons. The molecule has 2 aromatic carbocycles. The Labute approximate surface area is 175 Å². The summed E-state index contributed by atoms with van der Waals surface area (Å²) in [6.45, 7) is 4.02. The van der Waals surface area contributed by atoms with Gasteiger partial charge in [-0.15, -0.1) is 5.10 Å². The number of carbonyl (C=O) groups is 1. The maximum absolute atomic E-state index is 12.3. The molecule has 1 N–H and O–H groups in total. The van der Waals surface area contributed by atoms with E-state index in [-0.39, 0.29) is 11.7 Å². The Morgan fingerprint density at radius 2 is 1.89 bits per heavy atom. The first-order valence-corrected chi connectivity index (χ1v) is 9.91. The predicted molar refractivity (Wildman–Crippen MR) is 109 cm³/mol. The second-order valence-electron chi connectivity index (χ2n) is 5.68. The first-order valence-electron chi connectivity index (χ1n) is 7.79. The molecule has 0 spiro atoms. The Kier molecular flexibility index (Phi) is 6.26. The van der Waals surface area contributed by atoms with Crippen molar-refractivity contribution in [3.8, 4) is 5.69 Å². The molecule has 0 aliphatic heterocycles. The van der Waals surface area contributed by atoms with Crippen LogP contribution in [-0.2, 0) is 4.79 Å². The van der Waals surface area contributed by atoms with E-state index in [4.69, 9.17) is 34.8 Å². The van der Waals surface area contributed by atoms with Gasteiger partial charge in [-0.25, -0.2) is 0 Å². The molecule has 10 heteroatoms. The quantitative estimate of drug-likeness (QED) is 0.446. The molecule has 0 aliphatic carbocycles. The van der Waals surface area contributed by atoms with Crippen molar-refractivity contribution < 1.29 is 4.79 Å². The Bertz CT molecular complexity index is 1010. The van der Waals surface area contributed by atoms with Crippen molar-refractivity contribution in [2.75, 3.05) is 11.1 Å². The van der Waals surface area contributed by atoms with Crippen molar-refractivity contribution >= 4 is 58.2 Å². The van der Waals surface area contributed by atoms with Crippen molar-refractivity contribution in [1.82, 2.24) is 20.2 Å². The van der Waals surface area contributed by atoms with E-state index in [2.05, 4.69) is 20.8 Å². The van der Waals surface area contributed by atoms with Crippen molar-refractivity contribution in [1.29, 1.82) is 0 Å². The zero-order valence-electron chi connectivity index (χ0n) is 14.3. The molecule has 0 aliphatic rings. The van der Waals surface area contributed by atoms with E-state index in [1.54, 1.807) is 4.68 Å². The van der Waals surface area contributed by atoms with Crippen molar-refractivity contribution in [2.45, 2.75) is 19.0 Å². The van der Waals surface area contributed by atoms with Crippen LogP contribution in [0.2, 0.25) is 15.1 Å². The summed E-state index contributed by atoms with van der Waals surface area (Å²) in [4.78, 5) is 12.3. The average molecular weight is 443 g/mol. The largest absolute Gasteiger partial charge is 0.324 e. The minimum absolute atomic E-state index is 0.0990. The highest BCUT2D eigenvalue weighted by Crippen LogP contribution is 2.32. The van der Waals surface area contributed by atoms with Gasteiger partial charge < -0.3 is 5.32 Å². The van der Waals surface area contributed by atoms with Crippen LogP contribution >= 0.6 is 46.6 Å². The summed E-state index contributed by atoms with van der Waals surface area (Å²) >= 11 is 19.2. The van der Waals surface area contributed by atoms with Crippen LogP contribution in [-0.4, -0.2) is 31.9 Å². The van der Waals surface area contributed by atoms with Crippen LogP contribution in [0.15, 0.2) is 35.5 Å². The summed E-state index contributed by atoms with van der Waals surface area (Å²) in [5.41, 5.74) is 3.46. The minimum Gasteiger partial charge on any atom is -0.324 e. The fourth-order valence-corrected chi connectivity index (χ4v) is 3.60. The summed E-state index contributed by atoms with van der Waals surface area (Å²) in [7, 11) is 0. The maximum atomic E-state index is 12.3. The fraction of sp³-hybridized carbons (Fsp3) is 0.176. The third kappa shape index (κ3) is 4.55. The zero-order valence-corrected chi connectivity index (χ0v) is 17.4. The Morgan fingerprint density at radius 1 is 1.15 bits per heavy atom. The van der Waals surface area contributed by atoms with E-state index in [1.165, 1.54) is 23.9 Å². The lowest BCUT2D eigenvalue weighted by molar-refractivity contribution is -0.113. The first-order chi connectivity index (χ1) is 12.9. The van der Waals surface area contributed by atoms with Gasteiger partial charge in [-0.05, 0) is 53.6 Å². The molecule has 0 saturated carbocycles. The molecule has 0 fully saturated rings. The number of tetrazole rings is 1. The van der Waals surface area contributed by atoms with Gasteiger partial charge in [0.25, 0.3) is 0 Å². The van der Waals surface area contributed by atoms with Crippen LogP contribution in [0.1, 0.15) is 11.1 Å². The number of aromatic nitrogens is 4. The highest BCUT2D eigenvalue weighted by Gasteiger charge is 2.15. The monoisotopic (exact) mass is 441 g/mol. The van der Waals surface area contributed by atoms with Gasteiger partial charge in [0, 0.05) is 0 Å². The molecule has 1 amide bonds. The molecule has 3 rings (SSSR count). The lowest BCUT2D eigenvalue weighted by Crippen LogP contribution is -2.15. The number of anilines is 1. The summed E-state index contributed by atoms with van der Waals surface area (Å²) in [6.07, 6.45) is 0. The highest BCUT2D eigenvalue weighted by atomic mass is 35.5. The molecule has 0 saturated heterocycles. The van der Waals surface area contributed by atoms with Crippen LogP contribution in [0.5, 0.6) is 0 Å². The van der Waals surface area contributed by atoms with E-state index >= 15 is 0 Å². The van der Waals surface area contributed by atoms with Crippen LogP contribution in [0.4, 0.5) is 5.69 Å². The normalized spacial score (nSPS) is 10.9. The summed E-state index contributed by atoms with van der Waals surface area (Å²) in [6, 6.07) is 8.87. The Balaban J connectivity index is 1.71. The number of aryl methyl sites for hydroxylation is 1. The second-order valence-corrected chi connectivity index (χ2v) is 7.84. The molecule has 3 aromatic rings. The first kappa shape index (κ1) is 19.9. The number of hydrogen-bond acceptors (Lipinski definition) is 5. The summed E-state index contributed by atoms with van der Waals surface area (Å²) in [5, 5.41) is 15.9. The number of hydrogen-bond donors (Lipinski definition) is 1. The van der Waals surface area contributed by atoms with Gasteiger partial charge in [-0.1, -0.05) is 58.7 Å². The van der Waals surface area contributed by atoms with Crippen LogP contribution in [0.3, 0.4) is 0 Å². The smallest absolute Gasteiger partial charge is 0.234 e. The van der Waals surface area contributed by atoms with Crippen LogP contribution in [0.25, 0.3) is 5.69 Å². The Hall–Kier alpha value is -1.80. The molecular formula is C17H14Cl3N5OS. The fourth-order valence-electron chi connectivity index (χ4n) is 2.32. The molecule has 0 unspecified atom stereocenters. The lowest BCUT2D eigenvalue weighted by atomic mass is 10.1. The number of nitrogens with one attached hydrogen (secondary N) is 1. The topological polar surface area (TPSA) is 72.7 Å². The molecule has 140 valence electrons. The van der Waals surface area contributed by atoms with E-state index in [0.717, 1.165) is 16.8 Å². The highest BCUT2D eigenvalue weighted by molar-refractivity contribution is 7.99. The molecular weight excluding hydrogens is 429 g/mol. The van der Waals surface area contributed by atoms with Gasteiger partial charge in [0.05, 0.1) is 32.2 Å². The lowest BCUT2D eigenvalue weighted by Gasteiger charge is -2.10. The van der Waals surface area contributed by atoms with Gasteiger partial charge in [0.2, 0.25) is 11.1 Å². The average Bonchev–Trinajstić information content (AvgIpc) is 3.08. The number of amides is 1. The third-order valence-electron chi connectivity index (χ3n) is 3.86. The standard InChI is InChI=1S/C17H14Cl3N5OS/c1-9-4-3-5-15(10(9)2)25-17(22-23-24-25)27-8-16(26)21-14-7-12(19)11(18)6-13(14)20/h3-7H,8H2,1-2H3,(H,21,26). The Morgan fingerprint density at radius 3 is 2.67 bits per heavy atom. The number of carbonyl (C=O) groups excluding carboxylic acids is 1.